The zero-order chi connectivity index (χ0) is 7.56. The zero-order valence-electron chi connectivity index (χ0n) is 6.21. The molecule has 1 rings (SSSR count). The highest BCUT2D eigenvalue weighted by Crippen LogP contribution is 2.10. The van der Waals surface area contributed by atoms with E-state index < -0.39 is 5.97 Å². The monoisotopic (exact) mass is 144 g/mol. The number of aliphatic carboxylic acids is 1. The maximum atomic E-state index is 10.5. The lowest BCUT2D eigenvalue weighted by Gasteiger charge is -2.21. The molecule has 1 fully saturated rings. The van der Waals surface area contributed by atoms with Gasteiger partial charge in [0.25, 0.3) is 0 Å². The maximum absolute atomic E-state index is 10.5. The van der Waals surface area contributed by atoms with Crippen molar-refractivity contribution in [3.8, 4) is 0 Å². The minimum atomic E-state index is -0.661. The van der Waals surface area contributed by atoms with Gasteiger partial charge in [0.15, 0.2) is 6.04 Å². The van der Waals surface area contributed by atoms with Crippen LogP contribution in [-0.2, 0) is 4.79 Å². The van der Waals surface area contributed by atoms with E-state index in [1.54, 1.807) is 0 Å². The Morgan fingerprint density at radius 1 is 1.70 bits per heavy atom. The van der Waals surface area contributed by atoms with Crippen LogP contribution in [0, 0.1) is 5.92 Å². The summed E-state index contributed by atoms with van der Waals surface area (Å²) in [6.45, 7) is 3.08. The Morgan fingerprint density at radius 3 is 2.80 bits per heavy atom. The van der Waals surface area contributed by atoms with Crippen molar-refractivity contribution in [3.63, 3.8) is 0 Å². The normalized spacial score (nSPS) is 33.7. The highest BCUT2D eigenvalue weighted by atomic mass is 16.4. The van der Waals surface area contributed by atoms with Gasteiger partial charge in [-0.3, -0.25) is 0 Å². The van der Waals surface area contributed by atoms with E-state index in [2.05, 4.69) is 6.92 Å². The SMILES string of the molecule is CC1CC[NH2+][C@@H](C(=O)O)C1. The quantitative estimate of drug-likeness (QED) is 0.518. The summed E-state index contributed by atoms with van der Waals surface area (Å²) in [5.41, 5.74) is 0. The number of carboxylic acids is 1. The Labute approximate surface area is 60.4 Å². The van der Waals surface area contributed by atoms with Gasteiger partial charge in [-0.1, -0.05) is 6.92 Å². The molecule has 0 saturated carbocycles. The summed E-state index contributed by atoms with van der Waals surface area (Å²) in [5.74, 6) is -0.0716. The van der Waals surface area contributed by atoms with Crippen LogP contribution in [0.2, 0.25) is 0 Å². The maximum Gasteiger partial charge on any atom is 0.362 e. The highest BCUT2D eigenvalue weighted by Gasteiger charge is 2.27. The van der Waals surface area contributed by atoms with Gasteiger partial charge in [0.05, 0.1) is 6.54 Å². The van der Waals surface area contributed by atoms with Gasteiger partial charge < -0.3 is 10.4 Å². The largest absolute Gasteiger partial charge is 0.477 e. The van der Waals surface area contributed by atoms with E-state index >= 15 is 0 Å². The number of piperidine rings is 1. The fourth-order valence-corrected chi connectivity index (χ4v) is 1.43. The first-order chi connectivity index (χ1) is 4.70. The average molecular weight is 144 g/mol. The Morgan fingerprint density at radius 2 is 2.40 bits per heavy atom. The summed E-state index contributed by atoms with van der Waals surface area (Å²) < 4.78 is 0. The number of hydrogen-bond acceptors (Lipinski definition) is 1. The molecule has 1 saturated heterocycles. The van der Waals surface area contributed by atoms with E-state index in [1.807, 2.05) is 5.32 Å². The third-order valence-electron chi connectivity index (χ3n) is 2.08. The van der Waals surface area contributed by atoms with Crippen molar-refractivity contribution in [3.05, 3.63) is 0 Å². The van der Waals surface area contributed by atoms with Gasteiger partial charge in [-0.15, -0.1) is 0 Å². The predicted octanol–water partition coefficient (Wildman–Crippen LogP) is -0.567. The van der Waals surface area contributed by atoms with Gasteiger partial charge in [0.1, 0.15) is 0 Å². The zero-order valence-corrected chi connectivity index (χ0v) is 6.21. The first-order valence-corrected chi connectivity index (χ1v) is 3.76. The second kappa shape index (κ2) is 3.01. The van der Waals surface area contributed by atoms with Crippen LogP contribution < -0.4 is 5.32 Å². The Balaban J connectivity index is 2.39. The second-order valence-corrected chi connectivity index (χ2v) is 3.10. The lowest BCUT2D eigenvalue weighted by molar-refractivity contribution is -0.688. The summed E-state index contributed by atoms with van der Waals surface area (Å²) in [5, 5.41) is 10.5. The fourth-order valence-electron chi connectivity index (χ4n) is 1.43. The minimum Gasteiger partial charge on any atom is -0.477 e. The van der Waals surface area contributed by atoms with Crippen LogP contribution in [0.3, 0.4) is 0 Å². The second-order valence-electron chi connectivity index (χ2n) is 3.10. The predicted molar refractivity (Wildman–Crippen MR) is 36.6 cm³/mol. The molecule has 0 bridgehead atoms. The molecule has 0 amide bonds. The van der Waals surface area contributed by atoms with Crippen LogP contribution in [0.5, 0.6) is 0 Å². The van der Waals surface area contributed by atoms with Crippen molar-refractivity contribution in [2.45, 2.75) is 25.8 Å². The van der Waals surface area contributed by atoms with E-state index in [-0.39, 0.29) is 6.04 Å². The summed E-state index contributed by atoms with van der Waals surface area (Å²) in [6.07, 6.45) is 1.99. The van der Waals surface area contributed by atoms with E-state index in [4.69, 9.17) is 5.11 Å². The van der Waals surface area contributed by atoms with E-state index in [9.17, 15) is 4.79 Å². The first kappa shape index (κ1) is 7.54. The standard InChI is InChI=1S/C7H13NO2/c1-5-2-3-8-6(4-5)7(9)10/h5-6,8H,2-4H2,1H3,(H,9,10)/p+1/t5?,6-/m1/s1. The topological polar surface area (TPSA) is 53.9 Å². The van der Waals surface area contributed by atoms with E-state index in [0.29, 0.717) is 5.92 Å². The summed E-state index contributed by atoms with van der Waals surface area (Å²) in [6, 6.07) is -0.177. The average Bonchev–Trinajstić information content (AvgIpc) is 1.88. The van der Waals surface area contributed by atoms with Crippen molar-refractivity contribution in [1.82, 2.24) is 0 Å². The number of carbonyl (C=O) groups is 1. The van der Waals surface area contributed by atoms with Gasteiger partial charge in [-0.05, 0) is 12.3 Å². The molecule has 58 valence electrons. The Bertz CT molecular complexity index is 136. The third kappa shape index (κ3) is 1.70. The molecule has 0 aromatic carbocycles. The smallest absolute Gasteiger partial charge is 0.362 e. The molecule has 3 heteroatoms. The molecule has 1 aliphatic rings. The van der Waals surface area contributed by atoms with Gasteiger partial charge in [0.2, 0.25) is 0 Å². The fraction of sp³-hybridized carbons (Fsp3) is 0.857. The lowest BCUT2D eigenvalue weighted by Crippen LogP contribution is -2.93. The molecule has 3 N–H and O–H groups in total. The van der Waals surface area contributed by atoms with Crippen molar-refractivity contribution in [1.29, 1.82) is 0 Å². The van der Waals surface area contributed by atoms with Crippen LogP contribution in [0.25, 0.3) is 0 Å². The van der Waals surface area contributed by atoms with Crippen molar-refractivity contribution in [2.24, 2.45) is 5.92 Å². The first-order valence-electron chi connectivity index (χ1n) is 3.76. The molecule has 1 heterocycles. The van der Waals surface area contributed by atoms with Crippen molar-refractivity contribution in [2.75, 3.05) is 6.54 Å². The molecule has 0 aromatic rings. The van der Waals surface area contributed by atoms with Gasteiger partial charge in [-0.2, -0.15) is 0 Å². The number of hydrogen-bond donors (Lipinski definition) is 2. The number of nitrogens with two attached hydrogens (primary N) is 1. The highest BCUT2D eigenvalue weighted by molar-refractivity contribution is 5.71. The van der Waals surface area contributed by atoms with Gasteiger partial charge in [0, 0.05) is 6.42 Å². The molecule has 0 aliphatic carbocycles. The third-order valence-corrected chi connectivity index (χ3v) is 2.08. The summed E-state index contributed by atoms with van der Waals surface area (Å²) in [7, 11) is 0. The Hall–Kier alpha value is -0.570. The van der Waals surface area contributed by atoms with Crippen LogP contribution in [0.15, 0.2) is 0 Å². The molecular formula is C7H14NO2+. The van der Waals surface area contributed by atoms with Crippen LogP contribution in [0.4, 0.5) is 0 Å². The summed E-state index contributed by atoms with van der Waals surface area (Å²) >= 11 is 0. The number of quaternary nitrogens is 1. The molecule has 3 nitrogen and oxygen atoms in total. The Kier molecular flexibility index (Phi) is 2.27. The van der Waals surface area contributed by atoms with Gasteiger partial charge >= 0.3 is 5.97 Å². The van der Waals surface area contributed by atoms with Crippen LogP contribution in [0.1, 0.15) is 19.8 Å². The molecule has 0 spiro atoms. The van der Waals surface area contributed by atoms with Gasteiger partial charge in [-0.25, -0.2) is 4.79 Å². The van der Waals surface area contributed by atoms with Crippen LogP contribution >= 0.6 is 0 Å². The lowest BCUT2D eigenvalue weighted by atomic mass is 9.94. The molecule has 2 atom stereocenters. The molecule has 1 aliphatic heterocycles. The number of carboxylic acid groups (broad SMARTS) is 1. The molecule has 10 heavy (non-hydrogen) atoms. The van der Waals surface area contributed by atoms with E-state index in [1.165, 1.54) is 0 Å². The molecule has 1 unspecified atom stereocenters. The molecule has 0 radical (unpaired) electrons. The van der Waals surface area contributed by atoms with Crippen LogP contribution in [-0.4, -0.2) is 23.7 Å². The molecular weight excluding hydrogens is 130 g/mol. The summed E-state index contributed by atoms with van der Waals surface area (Å²) in [4.78, 5) is 10.5. The molecule has 0 aromatic heterocycles. The van der Waals surface area contributed by atoms with E-state index in [0.717, 1.165) is 19.4 Å². The van der Waals surface area contributed by atoms with Crippen molar-refractivity contribution < 1.29 is 15.2 Å². The number of rotatable bonds is 1. The minimum absolute atomic E-state index is 0.177. The van der Waals surface area contributed by atoms with Crippen molar-refractivity contribution >= 4 is 5.97 Å².